The molecule has 0 radical (unpaired) electrons. The largest absolute Gasteiger partial charge is 0.393 e. The summed E-state index contributed by atoms with van der Waals surface area (Å²) in [7, 11) is 0. The molecule has 2 fully saturated rings. The highest BCUT2D eigenvalue weighted by Crippen LogP contribution is 2.12. The van der Waals surface area contributed by atoms with E-state index < -0.39 is 0 Å². The average molecular weight is 279 g/mol. The summed E-state index contributed by atoms with van der Waals surface area (Å²) >= 11 is 0. The average Bonchev–Trinajstić information content (AvgIpc) is 3.10. The monoisotopic (exact) mass is 279 g/mol. The van der Waals surface area contributed by atoms with Crippen LogP contribution in [0, 0.1) is 0 Å². The highest BCUT2D eigenvalue weighted by Gasteiger charge is 2.18. The first-order chi connectivity index (χ1) is 9.79. The lowest BCUT2D eigenvalue weighted by molar-refractivity contribution is 0.0786. The van der Waals surface area contributed by atoms with Crippen molar-refractivity contribution in [1.29, 1.82) is 0 Å². The van der Waals surface area contributed by atoms with Gasteiger partial charge >= 0.3 is 0 Å². The maximum absolute atomic E-state index is 9.51. The zero-order chi connectivity index (χ0) is 13.8. The Morgan fingerprint density at radius 1 is 1.05 bits per heavy atom. The second-order valence-electron chi connectivity index (χ2n) is 6.03. The Balaban J connectivity index is 1.44. The number of likely N-dealkylation sites (tertiary alicyclic amines) is 2. The summed E-state index contributed by atoms with van der Waals surface area (Å²) in [4.78, 5) is 4.84. The number of hydrogen-bond acceptors (Lipinski definition) is 5. The van der Waals surface area contributed by atoms with E-state index in [0.29, 0.717) is 0 Å². The molecule has 0 unspecified atom stereocenters. The molecule has 1 N–H and O–H groups in total. The van der Waals surface area contributed by atoms with E-state index in [1.54, 1.807) is 0 Å². The van der Waals surface area contributed by atoms with Gasteiger partial charge in [-0.2, -0.15) is 0 Å². The summed E-state index contributed by atoms with van der Waals surface area (Å²) in [6.07, 6.45) is 6.39. The second-order valence-corrected chi connectivity index (χ2v) is 6.03. The number of nitrogens with zero attached hydrogens (tertiary/aromatic N) is 5. The van der Waals surface area contributed by atoms with Crippen LogP contribution in [0.3, 0.4) is 0 Å². The molecule has 0 amide bonds. The Labute approximate surface area is 120 Å². The number of aliphatic hydroxyl groups is 1. The molecule has 0 aromatic carbocycles. The van der Waals surface area contributed by atoms with Crippen LogP contribution in [0.15, 0.2) is 6.20 Å². The number of piperidine rings is 1. The highest BCUT2D eigenvalue weighted by atomic mass is 16.3. The second kappa shape index (κ2) is 6.65. The number of aliphatic hydroxyl groups excluding tert-OH is 1. The van der Waals surface area contributed by atoms with E-state index in [9.17, 15) is 5.11 Å². The van der Waals surface area contributed by atoms with Gasteiger partial charge in [-0.25, -0.2) is 0 Å². The van der Waals surface area contributed by atoms with Crippen LogP contribution >= 0.6 is 0 Å². The van der Waals surface area contributed by atoms with Gasteiger partial charge < -0.3 is 10.0 Å². The Morgan fingerprint density at radius 3 is 2.55 bits per heavy atom. The van der Waals surface area contributed by atoms with Crippen molar-refractivity contribution in [1.82, 2.24) is 24.8 Å². The van der Waals surface area contributed by atoms with Crippen molar-refractivity contribution in [2.24, 2.45) is 0 Å². The molecule has 3 heterocycles. The van der Waals surface area contributed by atoms with Crippen LogP contribution in [0.25, 0.3) is 0 Å². The highest BCUT2D eigenvalue weighted by molar-refractivity contribution is 4.93. The van der Waals surface area contributed by atoms with Crippen LogP contribution < -0.4 is 0 Å². The summed E-state index contributed by atoms with van der Waals surface area (Å²) in [5, 5.41) is 18.0. The van der Waals surface area contributed by atoms with Crippen molar-refractivity contribution in [3.8, 4) is 0 Å². The predicted molar refractivity (Wildman–Crippen MR) is 76.2 cm³/mol. The summed E-state index contributed by atoms with van der Waals surface area (Å²) in [6.45, 7) is 7.26. The smallest absolute Gasteiger partial charge is 0.0967 e. The van der Waals surface area contributed by atoms with Gasteiger partial charge in [0, 0.05) is 32.4 Å². The van der Waals surface area contributed by atoms with Gasteiger partial charge in [0.05, 0.1) is 18.3 Å². The van der Waals surface area contributed by atoms with Crippen molar-refractivity contribution in [3.63, 3.8) is 0 Å². The first-order valence-electron chi connectivity index (χ1n) is 7.81. The Bertz CT molecular complexity index is 407. The molecule has 112 valence electrons. The molecule has 0 saturated carbocycles. The van der Waals surface area contributed by atoms with Crippen LogP contribution in [-0.4, -0.2) is 68.7 Å². The molecule has 1 aromatic heterocycles. The minimum atomic E-state index is -0.109. The molecule has 6 heteroatoms. The topological polar surface area (TPSA) is 57.4 Å². The fourth-order valence-electron chi connectivity index (χ4n) is 3.08. The lowest BCUT2D eigenvalue weighted by atomic mass is 10.1. The van der Waals surface area contributed by atoms with Gasteiger partial charge in [-0.15, -0.1) is 5.10 Å². The normalized spacial score (nSPS) is 22.6. The summed E-state index contributed by atoms with van der Waals surface area (Å²) in [6, 6.07) is 0. The van der Waals surface area contributed by atoms with Crippen LogP contribution in [0.1, 0.15) is 31.4 Å². The van der Waals surface area contributed by atoms with Crippen molar-refractivity contribution < 1.29 is 5.11 Å². The number of aromatic nitrogens is 3. The maximum atomic E-state index is 9.51. The molecule has 6 nitrogen and oxygen atoms in total. The van der Waals surface area contributed by atoms with E-state index in [0.717, 1.165) is 51.3 Å². The zero-order valence-corrected chi connectivity index (χ0v) is 12.1. The molecule has 0 atom stereocenters. The third kappa shape index (κ3) is 3.77. The van der Waals surface area contributed by atoms with Crippen LogP contribution in [-0.2, 0) is 13.1 Å². The van der Waals surface area contributed by atoms with Gasteiger partial charge in [-0.3, -0.25) is 9.58 Å². The van der Waals surface area contributed by atoms with Crippen molar-refractivity contribution in [3.05, 3.63) is 11.9 Å². The van der Waals surface area contributed by atoms with E-state index in [4.69, 9.17) is 0 Å². The molecule has 2 aliphatic heterocycles. The lowest BCUT2D eigenvalue weighted by Gasteiger charge is -2.28. The lowest BCUT2D eigenvalue weighted by Crippen LogP contribution is -2.35. The van der Waals surface area contributed by atoms with Crippen molar-refractivity contribution in [2.45, 2.75) is 44.9 Å². The fraction of sp³-hybridized carbons (Fsp3) is 0.857. The summed E-state index contributed by atoms with van der Waals surface area (Å²) in [5.41, 5.74) is 1.04. The van der Waals surface area contributed by atoms with Gasteiger partial charge in [-0.05, 0) is 38.8 Å². The third-order valence-corrected chi connectivity index (χ3v) is 4.37. The molecule has 1 aromatic rings. The quantitative estimate of drug-likeness (QED) is 0.842. The maximum Gasteiger partial charge on any atom is 0.0967 e. The Morgan fingerprint density at radius 2 is 1.80 bits per heavy atom. The SMILES string of the molecule is OC1CCN(Cc2cn(CCN3CCCC3)nn2)CC1. The van der Waals surface area contributed by atoms with Crippen LogP contribution in [0.2, 0.25) is 0 Å². The number of rotatable bonds is 5. The van der Waals surface area contributed by atoms with Gasteiger partial charge in [0.2, 0.25) is 0 Å². The molecule has 2 saturated heterocycles. The van der Waals surface area contributed by atoms with E-state index in [1.807, 2.05) is 4.68 Å². The standard InChI is InChI=1S/C14H25N5O/c20-14-3-7-18(8-4-14)11-13-12-19(16-15-13)10-9-17-5-1-2-6-17/h12,14,20H,1-11H2. The predicted octanol–water partition coefficient (Wildman–Crippen LogP) is 0.331. The van der Waals surface area contributed by atoms with Crippen molar-refractivity contribution in [2.75, 3.05) is 32.7 Å². The van der Waals surface area contributed by atoms with Gasteiger partial charge in [0.25, 0.3) is 0 Å². The third-order valence-electron chi connectivity index (χ3n) is 4.37. The minimum absolute atomic E-state index is 0.109. The molecule has 2 aliphatic rings. The molecular weight excluding hydrogens is 254 g/mol. The van der Waals surface area contributed by atoms with Gasteiger partial charge in [0.1, 0.15) is 0 Å². The molecule has 0 bridgehead atoms. The summed E-state index contributed by atoms with van der Waals surface area (Å²) < 4.78 is 1.96. The first kappa shape index (κ1) is 14.0. The summed E-state index contributed by atoms with van der Waals surface area (Å²) in [5.74, 6) is 0. The molecular formula is C14H25N5O. The van der Waals surface area contributed by atoms with E-state index in [-0.39, 0.29) is 6.10 Å². The molecule has 3 rings (SSSR count). The van der Waals surface area contributed by atoms with E-state index in [1.165, 1.54) is 25.9 Å². The van der Waals surface area contributed by atoms with Crippen LogP contribution in [0.5, 0.6) is 0 Å². The minimum Gasteiger partial charge on any atom is -0.393 e. The molecule has 0 aliphatic carbocycles. The van der Waals surface area contributed by atoms with E-state index in [2.05, 4.69) is 26.3 Å². The molecule has 0 spiro atoms. The van der Waals surface area contributed by atoms with Crippen LogP contribution in [0.4, 0.5) is 0 Å². The van der Waals surface area contributed by atoms with E-state index >= 15 is 0 Å². The Hall–Kier alpha value is -0.980. The van der Waals surface area contributed by atoms with Crippen molar-refractivity contribution >= 4 is 0 Å². The Kier molecular flexibility index (Phi) is 4.65. The molecule has 20 heavy (non-hydrogen) atoms. The first-order valence-corrected chi connectivity index (χ1v) is 7.81. The zero-order valence-electron chi connectivity index (χ0n) is 12.1. The van der Waals surface area contributed by atoms with Gasteiger partial charge in [-0.1, -0.05) is 5.21 Å². The number of hydrogen-bond donors (Lipinski definition) is 1. The van der Waals surface area contributed by atoms with Gasteiger partial charge in [0.15, 0.2) is 0 Å². The fourth-order valence-corrected chi connectivity index (χ4v) is 3.08.